The standard InChI is InChI=1S/C31H27N3O4/c1-32-31(37)28-19-27(15-16-33-28)38-26-14-12-20-11-13-25(17-24(20)18-26)34-30(36)23-9-7-22(8-10-23)29(35)21-5-3-2-4-6-21/h2-10,12,14-16,18-19,25H,11,13,17H2,1H3,(H,32,37)(H,34,36). The van der Waals surface area contributed by atoms with E-state index in [2.05, 4.69) is 15.6 Å². The molecule has 3 aromatic carbocycles. The van der Waals surface area contributed by atoms with Crippen LogP contribution >= 0.6 is 0 Å². The van der Waals surface area contributed by atoms with Gasteiger partial charge in [-0.3, -0.25) is 19.4 Å². The van der Waals surface area contributed by atoms with E-state index < -0.39 is 0 Å². The number of carbonyl (C=O) groups excluding carboxylic acids is 3. The minimum absolute atomic E-state index is 0.0170. The van der Waals surface area contributed by atoms with Gasteiger partial charge in [-0.2, -0.15) is 0 Å². The molecule has 2 N–H and O–H groups in total. The summed E-state index contributed by atoms with van der Waals surface area (Å²) in [5.74, 6) is 0.660. The number of amides is 2. The van der Waals surface area contributed by atoms with Gasteiger partial charge >= 0.3 is 0 Å². The van der Waals surface area contributed by atoms with Crippen molar-refractivity contribution >= 4 is 17.6 Å². The van der Waals surface area contributed by atoms with Crippen LogP contribution in [-0.2, 0) is 12.8 Å². The number of hydrogen-bond acceptors (Lipinski definition) is 5. The molecule has 1 aliphatic rings. The Morgan fingerprint density at radius 1 is 0.789 bits per heavy atom. The minimum Gasteiger partial charge on any atom is -0.457 e. The molecule has 0 bridgehead atoms. The third kappa shape index (κ3) is 5.62. The number of nitrogens with zero attached hydrogens (tertiary/aromatic N) is 1. The van der Waals surface area contributed by atoms with Gasteiger partial charge in [0.15, 0.2) is 5.78 Å². The van der Waals surface area contributed by atoms with Gasteiger partial charge < -0.3 is 15.4 Å². The number of hydrogen-bond donors (Lipinski definition) is 2. The highest BCUT2D eigenvalue weighted by molar-refractivity contribution is 6.09. The van der Waals surface area contributed by atoms with Crippen LogP contribution in [0.5, 0.6) is 11.5 Å². The Kier molecular flexibility index (Phi) is 7.26. The number of aromatic nitrogens is 1. The fraction of sp³-hybridized carbons (Fsp3) is 0.161. The molecule has 2 amide bonds. The van der Waals surface area contributed by atoms with Crippen molar-refractivity contribution in [3.05, 3.63) is 125 Å². The SMILES string of the molecule is CNC(=O)c1cc(Oc2ccc3c(c2)CC(NC(=O)c2ccc(C(=O)c4ccccc4)cc2)CC3)ccn1. The number of pyridine rings is 1. The molecule has 0 saturated carbocycles. The molecule has 0 saturated heterocycles. The number of ether oxygens (including phenoxy) is 1. The zero-order chi connectivity index (χ0) is 26.5. The fourth-order valence-corrected chi connectivity index (χ4v) is 4.58. The molecular formula is C31H27N3O4. The second kappa shape index (κ2) is 11.1. The van der Waals surface area contributed by atoms with Crippen LogP contribution in [0, 0.1) is 0 Å². The first-order chi connectivity index (χ1) is 18.5. The molecule has 0 radical (unpaired) electrons. The molecule has 0 aliphatic heterocycles. The second-order valence-corrected chi connectivity index (χ2v) is 9.17. The monoisotopic (exact) mass is 505 g/mol. The van der Waals surface area contributed by atoms with Crippen LogP contribution in [0.15, 0.2) is 91.1 Å². The Morgan fingerprint density at radius 2 is 1.50 bits per heavy atom. The zero-order valence-electron chi connectivity index (χ0n) is 20.9. The smallest absolute Gasteiger partial charge is 0.269 e. The number of nitrogens with one attached hydrogen (secondary N) is 2. The summed E-state index contributed by atoms with van der Waals surface area (Å²) in [6.45, 7) is 0. The summed E-state index contributed by atoms with van der Waals surface area (Å²) in [5.41, 5.74) is 4.30. The summed E-state index contributed by atoms with van der Waals surface area (Å²) in [5, 5.41) is 5.69. The molecule has 0 fully saturated rings. The van der Waals surface area contributed by atoms with Crippen LogP contribution < -0.4 is 15.4 Å². The minimum atomic E-state index is -0.281. The maximum absolute atomic E-state index is 12.9. The van der Waals surface area contributed by atoms with Crippen LogP contribution in [0.4, 0.5) is 0 Å². The normalized spacial score (nSPS) is 14.2. The highest BCUT2D eigenvalue weighted by Gasteiger charge is 2.22. The van der Waals surface area contributed by atoms with Crippen molar-refractivity contribution in [1.29, 1.82) is 0 Å². The molecule has 0 spiro atoms. The number of fused-ring (bicyclic) bond motifs is 1. The molecule has 1 unspecified atom stereocenters. The highest BCUT2D eigenvalue weighted by Crippen LogP contribution is 2.29. The van der Waals surface area contributed by atoms with Gasteiger partial charge in [0.05, 0.1) is 0 Å². The van der Waals surface area contributed by atoms with E-state index in [4.69, 9.17) is 4.74 Å². The fourth-order valence-electron chi connectivity index (χ4n) is 4.58. The van der Waals surface area contributed by atoms with Crippen molar-refractivity contribution < 1.29 is 19.1 Å². The molecule has 38 heavy (non-hydrogen) atoms. The summed E-state index contributed by atoms with van der Waals surface area (Å²) in [4.78, 5) is 41.5. The maximum atomic E-state index is 12.9. The van der Waals surface area contributed by atoms with Crippen LogP contribution in [0.2, 0.25) is 0 Å². The average Bonchev–Trinajstić information content (AvgIpc) is 2.97. The molecule has 1 aliphatic carbocycles. The van der Waals surface area contributed by atoms with Crippen molar-refractivity contribution in [2.75, 3.05) is 7.05 Å². The lowest BCUT2D eigenvalue weighted by molar-refractivity contribution is 0.0930. The van der Waals surface area contributed by atoms with Gasteiger partial charge in [0.2, 0.25) is 0 Å². The third-order valence-electron chi connectivity index (χ3n) is 6.61. The van der Waals surface area contributed by atoms with E-state index >= 15 is 0 Å². The van der Waals surface area contributed by atoms with Gasteiger partial charge in [-0.25, -0.2) is 0 Å². The lowest BCUT2D eigenvalue weighted by Crippen LogP contribution is -2.38. The Bertz CT molecular complexity index is 1480. The number of ketones is 1. The molecule has 1 heterocycles. The first kappa shape index (κ1) is 24.9. The number of benzene rings is 3. The lowest BCUT2D eigenvalue weighted by Gasteiger charge is -2.26. The van der Waals surface area contributed by atoms with Crippen molar-refractivity contribution in [1.82, 2.24) is 15.6 Å². The first-order valence-corrected chi connectivity index (χ1v) is 12.5. The zero-order valence-corrected chi connectivity index (χ0v) is 20.9. The summed E-state index contributed by atoms with van der Waals surface area (Å²) < 4.78 is 5.99. The maximum Gasteiger partial charge on any atom is 0.269 e. The van der Waals surface area contributed by atoms with Gasteiger partial charge in [-0.15, -0.1) is 0 Å². The predicted molar refractivity (Wildman–Crippen MR) is 144 cm³/mol. The topological polar surface area (TPSA) is 97.4 Å². The first-order valence-electron chi connectivity index (χ1n) is 12.5. The molecule has 4 aromatic rings. The van der Waals surface area contributed by atoms with Gasteiger partial charge in [0.1, 0.15) is 17.2 Å². The van der Waals surface area contributed by atoms with E-state index in [0.717, 1.165) is 18.4 Å². The van der Waals surface area contributed by atoms with Gasteiger partial charge in [0.25, 0.3) is 11.8 Å². The molecule has 7 nitrogen and oxygen atoms in total. The van der Waals surface area contributed by atoms with Crippen LogP contribution in [0.25, 0.3) is 0 Å². The van der Waals surface area contributed by atoms with E-state index in [-0.39, 0.29) is 29.3 Å². The van der Waals surface area contributed by atoms with E-state index in [0.29, 0.717) is 34.6 Å². The van der Waals surface area contributed by atoms with Gasteiger partial charge in [-0.1, -0.05) is 48.5 Å². The average molecular weight is 506 g/mol. The summed E-state index contributed by atoms with van der Waals surface area (Å²) >= 11 is 0. The van der Waals surface area contributed by atoms with Crippen molar-refractivity contribution in [2.45, 2.75) is 25.3 Å². The number of carbonyl (C=O) groups is 3. The Balaban J connectivity index is 1.23. The summed E-state index contributed by atoms with van der Waals surface area (Å²) in [6.07, 6.45) is 3.90. The Labute approximate surface area is 220 Å². The largest absolute Gasteiger partial charge is 0.457 e. The number of aryl methyl sites for hydroxylation is 1. The third-order valence-corrected chi connectivity index (χ3v) is 6.61. The molecule has 190 valence electrons. The second-order valence-electron chi connectivity index (χ2n) is 9.17. The van der Waals surface area contributed by atoms with E-state index in [1.807, 2.05) is 36.4 Å². The van der Waals surface area contributed by atoms with E-state index in [9.17, 15) is 14.4 Å². The molecular weight excluding hydrogens is 478 g/mol. The van der Waals surface area contributed by atoms with Crippen molar-refractivity contribution in [3.8, 4) is 11.5 Å². The predicted octanol–water partition coefficient (Wildman–Crippen LogP) is 4.75. The molecule has 1 atom stereocenters. The van der Waals surface area contributed by atoms with Crippen LogP contribution in [-0.4, -0.2) is 35.7 Å². The quantitative estimate of drug-likeness (QED) is 0.353. The van der Waals surface area contributed by atoms with E-state index in [1.54, 1.807) is 55.6 Å². The van der Waals surface area contributed by atoms with Crippen LogP contribution in [0.1, 0.15) is 54.3 Å². The van der Waals surface area contributed by atoms with Gasteiger partial charge in [-0.05, 0) is 60.7 Å². The molecule has 7 heteroatoms. The lowest BCUT2D eigenvalue weighted by atomic mass is 9.88. The molecule has 5 rings (SSSR count). The van der Waals surface area contributed by atoms with Gasteiger partial charge in [0, 0.05) is 42.0 Å². The van der Waals surface area contributed by atoms with Crippen molar-refractivity contribution in [2.24, 2.45) is 0 Å². The summed E-state index contributed by atoms with van der Waals surface area (Å²) in [7, 11) is 1.55. The molecule has 1 aromatic heterocycles. The van der Waals surface area contributed by atoms with Crippen molar-refractivity contribution in [3.63, 3.8) is 0 Å². The van der Waals surface area contributed by atoms with Crippen LogP contribution in [0.3, 0.4) is 0 Å². The summed E-state index contributed by atoms with van der Waals surface area (Å²) in [6, 6.07) is 25.1. The number of rotatable bonds is 7. The highest BCUT2D eigenvalue weighted by atomic mass is 16.5. The Morgan fingerprint density at radius 3 is 2.26 bits per heavy atom. The van der Waals surface area contributed by atoms with E-state index in [1.165, 1.54) is 11.8 Å². The Hall–Kier alpha value is -4.78.